The van der Waals surface area contributed by atoms with E-state index in [1.165, 1.54) is 25.8 Å². The molecule has 2 saturated heterocycles. The van der Waals surface area contributed by atoms with Crippen molar-refractivity contribution >= 4 is 6.03 Å². The van der Waals surface area contributed by atoms with Crippen LogP contribution in [0.15, 0.2) is 18.2 Å². The Bertz CT molecular complexity index is 592. The highest BCUT2D eigenvalue weighted by Crippen LogP contribution is 2.32. The molecule has 23 heavy (non-hydrogen) atoms. The van der Waals surface area contributed by atoms with Gasteiger partial charge in [0.05, 0.1) is 0 Å². The summed E-state index contributed by atoms with van der Waals surface area (Å²) < 4.78 is 10.6. The molecule has 0 bridgehead atoms. The Hall–Kier alpha value is -1.95. The summed E-state index contributed by atoms with van der Waals surface area (Å²) in [6, 6.07) is 6.48. The molecule has 2 fully saturated rings. The summed E-state index contributed by atoms with van der Waals surface area (Å²) in [5, 5.41) is 6.10. The fourth-order valence-electron chi connectivity index (χ4n) is 3.87. The topological polar surface area (TPSA) is 62.8 Å². The summed E-state index contributed by atoms with van der Waals surface area (Å²) in [7, 11) is 0. The highest BCUT2D eigenvalue weighted by molar-refractivity contribution is 5.74. The Morgan fingerprint density at radius 3 is 3.04 bits per heavy atom. The summed E-state index contributed by atoms with van der Waals surface area (Å²) in [5.41, 5.74) is 1.01. The van der Waals surface area contributed by atoms with Gasteiger partial charge in [-0.3, -0.25) is 4.90 Å². The molecule has 0 unspecified atom stereocenters. The van der Waals surface area contributed by atoms with Gasteiger partial charge in [-0.25, -0.2) is 4.79 Å². The third-order valence-electron chi connectivity index (χ3n) is 5.06. The van der Waals surface area contributed by atoms with Crippen LogP contribution in [0, 0.1) is 0 Å². The summed E-state index contributed by atoms with van der Waals surface area (Å²) in [5.74, 6) is 1.51. The number of fused-ring (bicyclic) bond motifs is 2. The predicted molar refractivity (Wildman–Crippen MR) is 85.6 cm³/mol. The van der Waals surface area contributed by atoms with Crippen molar-refractivity contribution in [1.29, 1.82) is 0 Å². The lowest BCUT2D eigenvalue weighted by Crippen LogP contribution is -2.49. The molecule has 6 nitrogen and oxygen atoms in total. The van der Waals surface area contributed by atoms with Gasteiger partial charge in [0.1, 0.15) is 0 Å². The minimum atomic E-state index is -0.0832. The number of hydrogen-bond acceptors (Lipinski definition) is 4. The average Bonchev–Trinajstić information content (AvgIpc) is 3.20. The molecule has 0 saturated carbocycles. The number of carbonyl (C=O) groups is 1. The van der Waals surface area contributed by atoms with Crippen LogP contribution >= 0.6 is 0 Å². The number of nitrogens with one attached hydrogen (secondary N) is 2. The number of amides is 2. The fourth-order valence-corrected chi connectivity index (χ4v) is 3.87. The van der Waals surface area contributed by atoms with Crippen molar-refractivity contribution in [3.63, 3.8) is 0 Å². The Kier molecular flexibility index (Phi) is 3.99. The van der Waals surface area contributed by atoms with Gasteiger partial charge in [-0.15, -0.1) is 0 Å². The predicted octanol–water partition coefficient (Wildman–Crippen LogP) is 1.84. The standard InChI is InChI=1S/C17H23N3O3/c21-17(19-13-6-8-20-7-2-1-3-14(13)20)18-10-12-4-5-15-16(9-12)23-11-22-15/h4-5,9,13-14H,1-3,6-8,10-11H2,(H2,18,19,21)/t13-,14+/m1/s1. The van der Waals surface area contributed by atoms with E-state index in [0.29, 0.717) is 12.6 Å². The molecular formula is C17H23N3O3. The number of urea groups is 1. The quantitative estimate of drug-likeness (QED) is 0.893. The molecule has 2 N–H and O–H groups in total. The second kappa shape index (κ2) is 6.28. The minimum Gasteiger partial charge on any atom is -0.454 e. The van der Waals surface area contributed by atoms with Crippen molar-refractivity contribution in [1.82, 2.24) is 15.5 Å². The molecule has 1 aromatic carbocycles. The summed E-state index contributed by atoms with van der Waals surface area (Å²) in [6.07, 6.45) is 4.83. The Morgan fingerprint density at radius 2 is 2.09 bits per heavy atom. The van der Waals surface area contributed by atoms with Gasteiger partial charge in [-0.05, 0) is 43.5 Å². The maximum Gasteiger partial charge on any atom is 0.315 e. The molecule has 6 heteroatoms. The summed E-state index contributed by atoms with van der Waals surface area (Å²) in [4.78, 5) is 14.7. The zero-order valence-electron chi connectivity index (χ0n) is 13.2. The Balaban J connectivity index is 1.29. The highest BCUT2D eigenvalue weighted by Gasteiger charge is 2.36. The zero-order chi connectivity index (χ0) is 15.6. The van der Waals surface area contributed by atoms with E-state index in [0.717, 1.165) is 30.0 Å². The van der Waals surface area contributed by atoms with Crippen molar-refractivity contribution in [2.45, 2.75) is 44.3 Å². The van der Waals surface area contributed by atoms with E-state index in [2.05, 4.69) is 15.5 Å². The smallest absolute Gasteiger partial charge is 0.315 e. The fraction of sp³-hybridized carbons (Fsp3) is 0.588. The monoisotopic (exact) mass is 317 g/mol. The normalized spacial score (nSPS) is 25.9. The molecule has 2 amide bonds. The SMILES string of the molecule is O=C(NCc1ccc2c(c1)OCO2)N[C@@H]1CCN2CCCC[C@@H]12. The lowest BCUT2D eigenvalue weighted by atomic mass is 9.99. The lowest BCUT2D eigenvalue weighted by Gasteiger charge is -2.32. The zero-order valence-corrected chi connectivity index (χ0v) is 13.2. The van der Waals surface area contributed by atoms with Gasteiger partial charge in [0.15, 0.2) is 11.5 Å². The molecule has 4 rings (SSSR count). The van der Waals surface area contributed by atoms with Gasteiger partial charge < -0.3 is 20.1 Å². The van der Waals surface area contributed by atoms with E-state index >= 15 is 0 Å². The van der Waals surface area contributed by atoms with Crippen molar-refractivity contribution < 1.29 is 14.3 Å². The van der Waals surface area contributed by atoms with E-state index in [4.69, 9.17) is 9.47 Å². The van der Waals surface area contributed by atoms with Gasteiger partial charge in [0.2, 0.25) is 6.79 Å². The summed E-state index contributed by atoms with van der Waals surface area (Å²) >= 11 is 0. The molecular weight excluding hydrogens is 294 g/mol. The number of nitrogens with zero attached hydrogens (tertiary/aromatic N) is 1. The van der Waals surface area contributed by atoms with E-state index in [1.807, 2.05) is 18.2 Å². The Morgan fingerprint density at radius 1 is 1.17 bits per heavy atom. The highest BCUT2D eigenvalue weighted by atomic mass is 16.7. The molecule has 2 atom stereocenters. The van der Waals surface area contributed by atoms with Gasteiger partial charge >= 0.3 is 6.03 Å². The largest absolute Gasteiger partial charge is 0.454 e. The van der Waals surface area contributed by atoms with Gasteiger partial charge in [0.25, 0.3) is 0 Å². The molecule has 0 aliphatic carbocycles. The molecule has 0 spiro atoms. The molecule has 0 radical (unpaired) electrons. The number of hydrogen-bond donors (Lipinski definition) is 2. The van der Waals surface area contributed by atoms with Crippen molar-refractivity contribution in [3.05, 3.63) is 23.8 Å². The third kappa shape index (κ3) is 3.08. The van der Waals surface area contributed by atoms with Gasteiger partial charge in [-0.2, -0.15) is 0 Å². The van der Waals surface area contributed by atoms with E-state index in [-0.39, 0.29) is 18.9 Å². The van der Waals surface area contributed by atoms with Crippen LogP contribution in [0.2, 0.25) is 0 Å². The Labute approximate surface area is 136 Å². The average molecular weight is 317 g/mol. The number of carbonyl (C=O) groups excluding carboxylic acids is 1. The first-order valence-corrected chi connectivity index (χ1v) is 8.46. The van der Waals surface area contributed by atoms with E-state index in [9.17, 15) is 4.79 Å². The van der Waals surface area contributed by atoms with Crippen LogP contribution in [0.3, 0.4) is 0 Å². The second-order valence-electron chi connectivity index (χ2n) is 6.51. The molecule has 1 aromatic rings. The number of piperidine rings is 1. The minimum absolute atomic E-state index is 0.0832. The number of rotatable bonds is 3. The molecule has 3 aliphatic rings. The van der Waals surface area contributed by atoms with Crippen LogP contribution < -0.4 is 20.1 Å². The molecule has 3 aliphatic heterocycles. The van der Waals surface area contributed by atoms with Crippen LogP contribution in [0.1, 0.15) is 31.2 Å². The van der Waals surface area contributed by atoms with Crippen molar-refractivity contribution in [2.75, 3.05) is 19.9 Å². The van der Waals surface area contributed by atoms with Crippen LogP contribution in [0.5, 0.6) is 11.5 Å². The number of ether oxygens (including phenoxy) is 2. The molecule has 0 aromatic heterocycles. The molecule has 124 valence electrons. The van der Waals surface area contributed by atoms with Gasteiger partial charge in [-0.1, -0.05) is 12.5 Å². The number of benzene rings is 1. The first-order valence-electron chi connectivity index (χ1n) is 8.46. The lowest BCUT2D eigenvalue weighted by molar-refractivity contribution is 0.174. The first kappa shape index (κ1) is 14.6. The van der Waals surface area contributed by atoms with Crippen molar-refractivity contribution in [2.24, 2.45) is 0 Å². The maximum absolute atomic E-state index is 12.2. The first-order chi connectivity index (χ1) is 11.3. The maximum atomic E-state index is 12.2. The van der Waals surface area contributed by atoms with Crippen molar-refractivity contribution in [3.8, 4) is 11.5 Å². The van der Waals surface area contributed by atoms with Crippen LogP contribution in [0.4, 0.5) is 4.79 Å². The van der Waals surface area contributed by atoms with Crippen LogP contribution in [-0.4, -0.2) is 42.9 Å². The second-order valence-corrected chi connectivity index (χ2v) is 6.51. The van der Waals surface area contributed by atoms with Crippen LogP contribution in [-0.2, 0) is 6.54 Å². The summed E-state index contributed by atoms with van der Waals surface area (Å²) in [6.45, 7) is 3.05. The van der Waals surface area contributed by atoms with Crippen LogP contribution in [0.25, 0.3) is 0 Å². The third-order valence-corrected chi connectivity index (χ3v) is 5.06. The van der Waals surface area contributed by atoms with E-state index < -0.39 is 0 Å². The van der Waals surface area contributed by atoms with E-state index in [1.54, 1.807) is 0 Å². The van der Waals surface area contributed by atoms with Gasteiger partial charge in [0, 0.05) is 25.2 Å². The molecule has 3 heterocycles.